The second kappa shape index (κ2) is 10.5. The molecule has 0 saturated carbocycles. The molecule has 0 aliphatic rings. The molecule has 7 heteroatoms. The van der Waals surface area contributed by atoms with E-state index in [2.05, 4.69) is 31.9 Å². The molecule has 1 N–H and O–H groups in total. The van der Waals surface area contributed by atoms with Crippen LogP contribution < -0.4 is 4.74 Å². The molecule has 0 bridgehead atoms. The van der Waals surface area contributed by atoms with Gasteiger partial charge in [-0.05, 0) is 88.0 Å². The Morgan fingerprint density at radius 2 is 1.82 bits per heavy atom. The Morgan fingerprint density at radius 3 is 2.55 bits per heavy atom. The monoisotopic (exact) mass is 573 g/mol. The molecule has 2 atom stereocenters. The number of methoxy groups -OCH3 is 1. The summed E-state index contributed by atoms with van der Waals surface area (Å²) in [5, 5.41) is 14.8. The average molecular weight is 575 g/mol. The molecule has 2 unspecified atom stereocenters. The van der Waals surface area contributed by atoms with Gasteiger partial charge >= 0.3 is 0 Å². The second-order valence-corrected chi connectivity index (χ2v) is 11.0. The van der Waals surface area contributed by atoms with E-state index >= 15 is 0 Å². The third kappa shape index (κ3) is 4.82. The minimum atomic E-state index is -1.42. The third-order valence-electron chi connectivity index (χ3n) is 7.35. The van der Waals surface area contributed by atoms with Crippen molar-refractivity contribution in [2.45, 2.75) is 31.8 Å². The Labute approximate surface area is 231 Å². The number of rotatable bonds is 8. The van der Waals surface area contributed by atoms with Crippen LogP contribution in [0.3, 0.4) is 0 Å². The van der Waals surface area contributed by atoms with Crippen molar-refractivity contribution in [3.05, 3.63) is 99.5 Å². The predicted octanol–water partition coefficient (Wildman–Crippen LogP) is 6.74. The fourth-order valence-corrected chi connectivity index (χ4v) is 5.55. The van der Waals surface area contributed by atoms with E-state index < -0.39 is 11.5 Å². The highest BCUT2D eigenvalue weighted by atomic mass is 79.9. The van der Waals surface area contributed by atoms with Crippen LogP contribution >= 0.6 is 15.9 Å². The average Bonchev–Trinajstić information content (AvgIpc) is 3.35. The fraction of sp³-hybridized carbons (Fsp3) is 0.290. The van der Waals surface area contributed by atoms with Crippen molar-refractivity contribution in [2.24, 2.45) is 0 Å². The number of para-hydroxylation sites is 1. The molecule has 0 spiro atoms. The predicted molar refractivity (Wildman–Crippen MR) is 155 cm³/mol. The minimum absolute atomic E-state index is 0.422. The first-order valence-corrected chi connectivity index (χ1v) is 13.4. The first-order valence-electron chi connectivity index (χ1n) is 12.6. The first-order chi connectivity index (χ1) is 18.2. The number of fused-ring (bicyclic) bond motifs is 2. The molecule has 0 saturated heterocycles. The van der Waals surface area contributed by atoms with Crippen LogP contribution in [0.15, 0.2) is 75.8 Å². The number of aromatic nitrogens is 2. The van der Waals surface area contributed by atoms with Crippen molar-refractivity contribution >= 4 is 37.8 Å². The van der Waals surface area contributed by atoms with Gasteiger partial charge in [-0.2, -0.15) is 0 Å². The SMILES string of the molecule is COc1nc2ccc(Br)cc2cc1C(c1ccnc(C)c1C)C(O)(CCN(C)C)c1cc2ccccc2o1. The number of halogens is 1. The van der Waals surface area contributed by atoms with E-state index in [1.165, 1.54) is 0 Å². The highest BCUT2D eigenvalue weighted by molar-refractivity contribution is 9.10. The maximum atomic E-state index is 12.9. The number of nitrogens with zero attached hydrogens (tertiary/aromatic N) is 3. The van der Waals surface area contributed by atoms with Crippen LogP contribution in [0.1, 0.15) is 40.5 Å². The molecule has 2 aromatic carbocycles. The van der Waals surface area contributed by atoms with E-state index in [0.717, 1.165) is 48.7 Å². The maximum absolute atomic E-state index is 12.9. The Hall–Kier alpha value is -3.26. The van der Waals surface area contributed by atoms with Crippen LogP contribution in [0.2, 0.25) is 0 Å². The van der Waals surface area contributed by atoms with E-state index in [1.807, 2.05) is 82.5 Å². The fourth-order valence-electron chi connectivity index (χ4n) is 5.17. The van der Waals surface area contributed by atoms with E-state index in [-0.39, 0.29) is 0 Å². The lowest BCUT2D eigenvalue weighted by Gasteiger charge is -2.37. The Bertz CT molecular complexity index is 1580. The van der Waals surface area contributed by atoms with Crippen LogP contribution in [0.5, 0.6) is 5.88 Å². The van der Waals surface area contributed by atoms with Gasteiger partial charge in [0.05, 0.1) is 18.5 Å². The lowest BCUT2D eigenvalue weighted by molar-refractivity contribution is -0.0146. The lowest BCUT2D eigenvalue weighted by atomic mass is 9.72. The maximum Gasteiger partial charge on any atom is 0.217 e. The van der Waals surface area contributed by atoms with Crippen LogP contribution in [-0.2, 0) is 5.60 Å². The summed E-state index contributed by atoms with van der Waals surface area (Å²) in [6.07, 6.45) is 2.22. The quantitative estimate of drug-likeness (QED) is 0.222. The van der Waals surface area contributed by atoms with Gasteiger partial charge in [0, 0.05) is 39.2 Å². The number of pyridine rings is 2. The summed E-state index contributed by atoms with van der Waals surface area (Å²) in [6, 6.07) is 19.8. The summed E-state index contributed by atoms with van der Waals surface area (Å²) in [6.45, 7) is 4.68. The van der Waals surface area contributed by atoms with Crippen LogP contribution in [0.4, 0.5) is 0 Å². The van der Waals surface area contributed by atoms with Crippen molar-refractivity contribution < 1.29 is 14.3 Å². The van der Waals surface area contributed by atoms with Gasteiger partial charge in [0.25, 0.3) is 0 Å². The van der Waals surface area contributed by atoms with Crippen molar-refractivity contribution in [3.8, 4) is 5.88 Å². The van der Waals surface area contributed by atoms with E-state index in [1.54, 1.807) is 13.3 Å². The number of ether oxygens (including phenoxy) is 1. The highest BCUT2D eigenvalue weighted by Crippen LogP contribution is 2.49. The summed E-state index contributed by atoms with van der Waals surface area (Å²) in [5.41, 5.74) is 3.78. The van der Waals surface area contributed by atoms with E-state index in [4.69, 9.17) is 14.1 Å². The Morgan fingerprint density at radius 1 is 1.03 bits per heavy atom. The topological polar surface area (TPSA) is 71.6 Å². The number of benzene rings is 2. The molecule has 0 aliphatic heterocycles. The summed E-state index contributed by atoms with van der Waals surface area (Å²) in [7, 11) is 5.63. The molecular formula is C31H32BrN3O3. The van der Waals surface area contributed by atoms with Crippen molar-refractivity contribution in [3.63, 3.8) is 0 Å². The van der Waals surface area contributed by atoms with Gasteiger partial charge in [-0.15, -0.1) is 0 Å². The Balaban J connectivity index is 1.85. The summed E-state index contributed by atoms with van der Waals surface area (Å²) in [5.74, 6) is 0.435. The molecule has 0 fully saturated rings. The minimum Gasteiger partial charge on any atom is -0.481 e. The van der Waals surface area contributed by atoms with E-state index in [9.17, 15) is 5.11 Å². The van der Waals surface area contributed by atoms with Crippen LogP contribution in [0, 0.1) is 13.8 Å². The first kappa shape index (κ1) is 26.4. The molecule has 0 aliphatic carbocycles. The standard InChI is InChI=1S/C31H32BrN3O3/c1-19-20(2)33-14-12-24(19)29(25-17-22-16-23(32)10-11-26(22)34-30(25)37-5)31(36,13-15-35(3)4)28-18-21-8-6-7-9-27(21)38-28/h6-12,14,16-18,29,36H,13,15H2,1-5H3. The van der Waals surface area contributed by atoms with Crippen molar-refractivity contribution in [2.75, 3.05) is 27.7 Å². The van der Waals surface area contributed by atoms with Crippen molar-refractivity contribution in [1.29, 1.82) is 0 Å². The molecule has 5 rings (SSSR count). The molecule has 3 aromatic heterocycles. The molecule has 3 heterocycles. The number of aryl methyl sites for hydroxylation is 1. The summed E-state index contributed by atoms with van der Waals surface area (Å²) >= 11 is 3.60. The van der Waals surface area contributed by atoms with Gasteiger partial charge in [-0.25, -0.2) is 4.98 Å². The number of hydrogen-bond donors (Lipinski definition) is 1. The van der Waals surface area contributed by atoms with Gasteiger partial charge in [-0.3, -0.25) is 4.98 Å². The molecular weight excluding hydrogens is 542 g/mol. The molecule has 0 radical (unpaired) electrons. The molecule has 38 heavy (non-hydrogen) atoms. The summed E-state index contributed by atoms with van der Waals surface area (Å²) < 4.78 is 13.2. The zero-order valence-electron chi connectivity index (χ0n) is 22.3. The molecule has 5 aromatic rings. The number of furan rings is 1. The van der Waals surface area contributed by atoms with Gasteiger partial charge in [0.2, 0.25) is 5.88 Å². The smallest absolute Gasteiger partial charge is 0.217 e. The van der Waals surface area contributed by atoms with Gasteiger partial charge in [-0.1, -0.05) is 34.1 Å². The largest absolute Gasteiger partial charge is 0.481 e. The zero-order valence-corrected chi connectivity index (χ0v) is 23.9. The zero-order chi connectivity index (χ0) is 27.0. The summed E-state index contributed by atoms with van der Waals surface area (Å²) in [4.78, 5) is 11.5. The molecule has 6 nitrogen and oxygen atoms in total. The van der Waals surface area contributed by atoms with Crippen LogP contribution in [0.25, 0.3) is 21.9 Å². The highest BCUT2D eigenvalue weighted by Gasteiger charge is 2.45. The molecule has 196 valence electrons. The lowest BCUT2D eigenvalue weighted by Crippen LogP contribution is -2.38. The Kier molecular flexibility index (Phi) is 7.27. The number of aliphatic hydroxyl groups is 1. The third-order valence-corrected chi connectivity index (χ3v) is 7.85. The normalized spacial score (nSPS) is 14.2. The number of hydrogen-bond acceptors (Lipinski definition) is 6. The second-order valence-electron chi connectivity index (χ2n) is 10.1. The van der Waals surface area contributed by atoms with E-state index in [0.29, 0.717) is 24.6 Å². The van der Waals surface area contributed by atoms with Crippen LogP contribution in [-0.4, -0.2) is 47.7 Å². The van der Waals surface area contributed by atoms with Gasteiger partial charge in [0.1, 0.15) is 16.9 Å². The molecule has 0 amide bonds. The van der Waals surface area contributed by atoms with Gasteiger partial charge in [0.15, 0.2) is 0 Å². The van der Waals surface area contributed by atoms with Crippen molar-refractivity contribution in [1.82, 2.24) is 14.9 Å². The van der Waals surface area contributed by atoms with Gasteiger partial charge < -0.3 is 19.2 Å².